The Morgan fingerprint density at radius 1 is 1.45 bits per heavy atom. The van der Waals surface area contributed by atoms with Crippen LogP contribution in [0.4, 0.5) is 0 Å². The zero-order valence-electron chi connectivity index (χ0n) is 11.6. The van der Waals surface area contributed by atoms with Crippen molar-refractivity contribution >= 4 is 34.3 Å². The van der Waals surface area contributed by atoms with Crippen LogP contribution in [0.3, 0.4) is 0 Å². The maximum atomic E-state index is 12.5. The predicted octanol–water partition coefficient (Wildman–Crippen LogP) is 3.20. The third kappa shape index (κ3) is 3.34. The van der Waals surface area contributed by atoms with Crippen molar-refractivity contribution in [3.63, 3.8) is 0 Å². The van der Waals surface area contributed by atoms with E-state index in [0.29, 0.717) is 29.1 Å². The fourth-order valence-corrected chi connectivity index (χ4v) is 2.90. The Balaban J connectivity index is 2.56. The summed E-state index contributed by atoms with van der Waals surface area (Å²) in [5.41, 5.74) is 0.608. The monoisotopic (exact) mass is 312 g/mol. The van der Waals surface area contributed by atoms with Gasteiger partial charge in [-0.05, 0) is 24.6 Å². The van der Waals surface area contributed by atoms with Crippen molar-refractivity contribution in [1.29, 1.82) is 0 Å². The minimum Gasteiger partial charge on any atom is -0.383 e. The molecule has 4 nitrogen and oxygen atoms in total. The van der Waals surface area contributed by atoms with Crippen LogP contribution in [-0.4, -0.2) is 29.0 Å². The number of fused-ring (bicyclic) bond motifs is 1. The van der Waals surface area contributed by atoms with E-state index in [4.69, 9.17) is 16.3 Å². The summed E-state index contributed by atoms with van der Waals surface area (Å²) >= 11 is 7.56. The normalized spacial score (nSPS) is 11.2. The molecule has 0 atom stereocenters. The molecule has 0 bridgehead atoms. The maximum Gasteiger partial charge on any atom is 0.262 e. The van der Waals surface area contributed by atoms with Crippen LogP contribution in [0, 0.1) is 0 Å². The molecule has 20 heavy (non-hydrogen) atoms. The third-order valence-corrected chi connectivity index (χ3v) is 4.25. The first-order valence-corrected chi connectivity index (χ1v) is 7.85. The van der Waals surface area contributed by atoms with Gasteiger partial charge < -0.3 is 4.74 Å². The minimum atomic E-state index is -0.0395. The van der Waals surface area contributed by atoms with Gasteiger partial charge >= 0.3 is 0 Å². The molecule has 0 N–H and O–H groups in total. The van der Waals surface area contributed by atoms with E-state index < -0.39 is 0 Å². The molecule has 0 aliphatic heterocycles. The van der Waals surface area contributed by atoms with E-state index in [1.807, 2.05) is 0 Å². The van der Waals surface area contributed by atoms with Crippen LogP contribution in [0.5, 0.6) is 0 Å². The summed E-state index contributed by atoms with van der Waals surface area (Å²) in [7, 11) is 1.62. The molecule has 0 aliphatic rings. The second-order valence-corrected chi connectivity index (χ2v) is 5.85. The van der Waals surface area contributed by atoms with E-state index in [1.54, 1.807) is 41.6 Å². The van der Waals surface area contributed by atoms with Crippen molar-refractivity contribution in [2.75, 3.05) is 19.5 Å². The van der Waals surface area contributed by atoms with Gasteiger partial charge in [-0.3, -0.25) is 9.36 Å². The number of ether oxygens (including phenoxy) is 1. The fraction of sp³-hybridized carbons (Fsp3) is 0.429. The lowest BCUT2D eigenvalue weighted by atomic mass is 10.2. The van der Waals surface area contributed by atoms with Gasteiger partial charge in [-0.25, -0.2) is 4.98 Å². The maximum absolute atomic E-state index is 12.5. The summed E-state index contributed by atoms with van der Waals surface area (Å²) in [4.78, 5) is 17.1. The van der Waals surface area contributed by atoms with Crippen LogP contribution >= 0.6 is 23.4 Å². The second-order valence-electron chi connectivity index (χ2n) is 4.35. The van der Waals surface area contributed by atoms with Gasteiger partial charge in [0.15, 0.2) is 5.16 Å². The number of hydrogen-bond donors (Lipinski definition) is 0. The number of methoxy groups -OCH3 is 1. The van der Waals surface area contributed by atoms with Gasteiger partial charge in [-0.1, -0.05) is 30.3 Å². The standard InChI is InChI=1S/C14H17ClN2O2S/c1-3-8-20-14-16-12-9-10(15)4-5-11(12)13(18)17(14)6-7-19-2/h4-5,9H,3,6-8H2,1-2H3. The topological polar surface area (TPSA) is 44.1 Å². The van der Waals surface area contributed by atoms with Crippen molar-refractivity contribution in [2.24, 2.45) is 0 Å². The second kappa shape index (κ2) is 7.11. The van der Waals surface area contributed by atoms with Crippen LogP contribution in [0.25, 0.3) is 10.9 Å². The van der Waals surface area contributed by atoms with Crippen LogP contribution in [0.2, 0.25) is 5.02 Å². The Labute approximate surface area is 127 Å². The number of aromatic nitrogens is 2. The van der Waals surface area contributed by atoms with Gasteiger partial charge in [-0.2, -0.15) is 0 Å². The molecule has 6 heteroatoms. The van der Waals surface area contributed by atoms with Crippen molar-refractivity contribution < 1.29 is 4.74 Å². The molecule has 1 heterocycles. The van der Waals surface area contributed by atoms with E-state index in [0.717, 1.165) is 17.3 Å². The molecule has 0 spiro atoms. The molecule has 0 saturated carbocycles. The lowest BCUT2D eigenvalue weighted by molar-refractivity contribution is 0.183. The molecule has 0 saturated heterocycles. The number of halogens is 1. The smallest absolute Gasteiger partial charge is 0.262 e. The summed E-state index contributed by atoms with van der Waals surface area (Å²) in [6.07, 6.45) is 1.03. The number of benzene rings is 1. The largest absolute Gasteiger partial charge is 0.383 e. The number of nitrogens with zero attached hydrogens (tertiary/aromatic N) is 2. The number of rotatable bonds is 6. The average Bonchev–Trinajstić information content (AvgIpc) is 2.44. The summed E-state index contributed by atoms with van der Waals surface area (Å²) < 4.78 is 6.75. The van der Waals surface area contributed by atoms with Crippen molar-refractivity contribution in [3.8, 4) is 0 Å². The highest BCUT2D eigenvalue weighted by atomic mass is 35.5. The molecule has 0 unspecified atom stereocenters. The first-order valence-electron chi connectivity index (χ1n) is 6.49. The van der Waals surface area contributed by atoms with Gasteiger partial charge in [-0.15, -0.1) is 0 Å². The van der Waals surface area contributed by atoms with Gasteiger partial charge in [0, 0.05) is 17.9 Å². The Morgan fingerprint density at radius 2 is 2.25 bits per heavy atom. The predicted molar refractivity (Wildman–Crippen MR) is 83.9 cm³/mol. The van der Waals surface area contributed by atoms with Gasteiger partial charge in [0.1, 0.15) is 0 Å². The van der Waals surface area contributed by atoms with E-state index >= 15 is 0 Å². The van der Waals surface area contributed by atoms with Gasteiger partial charge in [0.2, 0.25) is 0 Å². The Kier molecular flexibility index (Phi) is 5.46. The Bertz CT molecular complexity index is 657. The van der Waals surface area contributed by atoms with Crippen LogP contribution in [-0.2, 0) is 11.3 Å². The van der Waals surface area contributed by atoms with E-state index in [2.05, 4.69) is 11.9 Å². The average molecular weight is 313 g/mol. The molecular weight excluding hydrogens is 296 g/mol. The fourth-order valence-electron chi connectivity index (χ4n) is 1.86. The van der Waals surface area contributed by atoms with E-state index in [-0.39, 0.29) is 5.56 Å². The van der Waals surface area contributed by atoms with Crippen molar-refractivity contribution in [1.82, 2.24) is 9.55 Å². The molecule has 0 radical (unpaired) electrons. The van der Waals surface area contributed by atoms with Gasteiger partial charge in [0.25, 0.3) is 5.56 Å². The van der Waals surface area contributed by atoms with Crippen LogP contribution in [0.15, 0.2) is 28.2 Å². The molecule has 0 aliphatic carbocycles. The molecule has 2 rings (SSSR count). The molecule has 1 aromatic carbocycles. The molecule has 1 aromatic heterocycles. The summed E-state index contributed by atoms with van der Waals surface area (Å²) in [5, 5.41) is 1.90. The first-order chi connectivity index (χ1) is 9.67. The molecule has 2 aromatic rings. The highest BCUT2D eigenvalue weighted by Crippen LogP contribution is 2.20. The summed E-state index contributed by atoms with van der Waals surface area (Å²) in [5.74, 6) is 0.922. The van der Waals surface area contributed by atoms with E-state index in [1.165, 1.54) is 0 Å². The molecule has 0 amide bonds. The van der Waals surface area contributed by atoms with Gasteiger partial charge in [0.05, 0.1) is 24.1 Å². The van der Waals surface area contributed by atoms with Crippen molar-refractivity contribution in [2.45, 2.75) is 25.0 Å². The highest BCUT2D eigenvalue weighted by molar-refractivity contribution is 7.99. The SMILES string of the molecule is CCCSc1nc2cc(Cl)ccc2c(=O)n1CCOC. The highest BCUT2D eigenvalue weighted by Gasteiger charge is 2.11. The Morgan fingerprint density at radius 3 is 2.95 bits per heavy atom. The zero-order valence-corrected chi connectivity index (χ0v) is 13.1. The summed E-state index contributed by atoms with van der Waals surface area (Å²) in [6.45, 7) is 3.09. The lowest BCUT2D eigenvalue weighted by Gasteiger charge is -2.12. The number of thioether (sulfide) groups is 1. The minimum absolute atomic E-state index is 0.0395. The van der Waals surface area contributed by atoms with Crippen molar-refractivity contribution in [3.05, 3.63) is 33.6 Å². The van der Waals surface area contributed by atoms with Crippen LogP contribution in [0.1, 0.15) is 13.3 Å². The molecular formula is C14H17ClN2O2S. The van der Waals surface area contributed by atoms with Crippen LogP contribution < -0.4 is 5.56 Å². The number of hydrogen-bond acceptors (Lipinski definition) is 4. The quantitative estimate of drug-likeness (QED) is 0.607. The zero-order chi connectivity index (χ0) is 14.5. The van der Waals surface area contributed by atoms with E-state index in [9.17, 15) is 4.79 Å². The Hall–Kier alpha value is -1.04. The lowest BCUT2D eigenvalue weighted by Crippen LogP contribution is -2.25. The first kappa shape index (κ1) is 15.4. The molecule has 108 valence electrons. The molecule has 0 fully saturated rings. The third-order valence-electron chi connectivity index (χ3n) is 2.84. The summed E-state index contributed by atoms with van der Waals surface area (Å²) in [6, 6.07) is 5.17.